The summed E-state index contributed by atoms with van der Waals surface area (Å²) in [6.07, 6.45) is 7.51. The second-order valence-corrected chi connectivity index (χ2v) is 8.60. The van der Waals surface area contributed by atoms with Crippen molar-refractivity contribution in [2.75, 3.05) is 26.2 Å². The van der Waals surface area contributed by atoms with E-state index in [1.54, 1.807) is 12.1 Å². The van der Waals surface area contributed by atoms with Crippen LogP contribution >= 0.6 is 0 Å². The molecule has 166 valence electrons. The number of rotatable bonds is 9. The highest BCUT2D eigenvalue weighted by Gasteiger charge is 2.58. The number of allylic oxidation sites excluding steroid dienone is 2. The smallest absolute Gasteiger partial charge is 0.233 e. The standard InChI is InChI=1S/C24H31FN4O2/c1-2-26-24(27-11-4-7-16-6-3-8-19(25)14-16)28-12-5-13-29-22(30)20-17-9-10-18(15-17)21(20)23(29)31/h3,6,8-10,14,17-18,20-21H,2,4-5,7,11-13,15H2,1H3,(H2,26,27,28). The molecule has 1 aromatic carbocycles. The average molecular weight is 427 g/mol. The molecule has 2 fully saturated rings. The van der Waals surface area contributed by atoms with E-state index in [4.69, 9.17) is 0 Å². The van der Waals surface area contributed by atoms with Gasteiger partial charge in [-0.25, -0.2) is 4.39 Å². The molecule has 2 amide bonds. The Morgan fingerprint density at radius 2 is 1.87 bits per heavy atom. The minimum Gasteiger partial charge on any atom is -0.357 e. The van der Waals surface area contributed by atoms with E-state index in [-0.39, 0.29) is 41.3 Å². The molecule has 0 spiro atoms. The van der Waals surface area contributed by atoms with Crippen molar-refractivity contribution in [2.45, 2.75) is 32.6 Å². The number of imide groups is 1. The number of carbonyl (C=O) groups is 2. The number of guanidine groups is 1. The lowest BCUT2D eigenvalue weighted by Gasteiger charge is -2.17. The van der Waals surface area contributed by atoms with Crippen LogP contribution in [0.1, 0.15) is 31.7 Å². The predicted molar refractivity (Wildman–Crippen MR) is 118 cm³/mol. The fourth-order valence-electron chi connectivity index (χ4n) is 5.14. The lowest BCUT2D eigenvalue weighted by Crippen LogP contribution is -2.38. The topological polar surface area (TPSA) is 73.8 Å². The second kappa shape index (κ2) is 9.62. The fraction of sp³-hybridized carbons (Fsp3) is 0.542. The number of fused-ring (bicyclic) bond motifs is 5. The fourth-order valence-corrected chi connectivity index (χ4v) is 5.14. The molecule has 0 aromatic heterocycles. The van der Waals surface area contributed by atoms with E-state index >= 15 is 0 Å². The molecule has 2 aliphatic carbocycles. The SMILES string of the molecule is CCNC(=NCCCN1C(=O)C2C3C=CC(C3)C2C1=O)NCCCc1cccc(F)c1. The Kier molecular flexibility index (Phi) is 6.68. The van der Waals surface area contributed by atoms with Gasteiger partial charge in [0.1, 0.15) is 5.82 Å². The first-order valence-corrected chi connectivity index (χ1v) is 11.4. The van der Waals surface area contributed by atoms with Crippen LogP contribution in [-0.4, -0.2) is 48.9 Å². The lowest BCUT2D eigenvalue weighted by molar-refractivity contribution is -0.140. The van der Waals surface area contributed by atoms with Crippen LogP contribution in [0.5, 0.6) is 0 Å². The highest BCUT2D eigenvalue weighted by Crippen LogP contribution is 2.52. The highest BCUT2D eigenvalue weighted by atomic mass is 19.1. The monoisotopic (exact) mass is 426 g/mol. The summed E-state index contributed by atoms with van der Waals surface area (Å²) in [4.78, 5) is 31.5. The number of nitrogens with one attached hydrogen (secondary N) is 2. The first-order chi connectivity index (χ1) is 15.1. The molecule has 2 bridgehead atoms. The third kappa shape index (κ3) is 4.65. The maximum absolute atomic E-state index is 13.3. The summed E-state index contributed by atoms with van der Waals surface area (Å²) in [5.41, 5.74) is 0.983. The number of halogens is 1. The zero-order chi connectivity index (χ0) is 21.8. The number of aliphatic imine (C=N–C) groups is 1. The summed E-state index contributed by atoms with van der Waals surface area (Å²) in [5.74, 6) is 0.809. The van der Waals surface area contributed by atoms with Gasteiger partial charge in [0.05, 0.1) is 11.8 Å². The lowest BCUT2D eigenvalue weighted by atomic mass is 9.85. The minimum atomic E-state index is -0.206. The van der Waals surface area contributed by atoms with Crippen molar-refractivity contribution < 1.29 is 14.0 Å². The largest absolute Gasteiger partial charge is 0.357 e. The molecule has 4 atom stereocenters. The normalized spacial score (nSPS) is 26.6. The molecule has 1 heterocycles. The van der Waals surface area contributed by atoms with Crippen molar-refractivity contribution in [3.8, 4) is 0 Å². The molecular weight excluding hydrogens is 395 g/mol. The van der Waals surface area contributed by atoms with Gasteiger partial charge in [0.2, 0.25) is 11.8 Å². The molecule has 1 saturated heterocycles. The molecule has 7 heteroatoms. The number of hydrogen-bond acceptors (Lipinski definition) is 3. The van der Waals surface area contributed by atoms with Gasteiger partial charge < -0.3 is 10.6 Å². The van der Waals surface area contributed by atoms with Gasteiger partial charge >= 0.3 is 0 Å². The van der Waals surface area contributed by atoms with Crippen molar-refractivity contribution in [1.82, 2.24) is 15.5 Å². The van der Waals surface area contributed by atoms with Crippen LogP contribution in [0, 0.1) is 29.5 Å². The zero-order valence-corrected chi connectivity index (χ0v) is 18.0. The van der Waals surface area contributed by atoms with Crippen LogP contribution in [0.15, 0.2) is 41.4 Å². The first kappa shape index (κ1) is 21.5. The van der Waals surface area contributed by atoms with Gasteiger partial charge in [-0.3, -0.25) is 19.5 Å². The van der Waals surface area contributed by atoms with Gasteiger partial charge in [-0.05, 0) is 62.1 Å². The molecule has 3 aliphatic rings. The molecule has 31 heavy (non-hydrogen) atoms. The summed E-state index contributed by atoms with van der Waals surface area (Å²) in [6.45, 7) is 4.46. The van der Waals surface area contributed by atoms with Crippen molar-refractivity contribution in [3.63, 3.8) is 0 Å². The highest BCUT2D eigenvalue weighted by molar-refractivity contribution is 6.06. The van der Waals surface area contributed by atoms with Gasteiger partial charge in [0, 0.05) is 26.2 Å². The Balaban J connectivity index is 1.20. The van der Waals surface area contributed by atoms with Gasteiger partial charge in [-0.1, -0.05) is 24.3 Å². The molecule has 4 rings (SSSR count). The van der Waals surface area contributed by atoms with Crippen LogP contribution in [0.4, 0.5) is 4.39 Å². The van der Waals surface area contributed by atoms with E-state index in [9.17, 15) is 14.0 Å². The molecule has 1 aliphatic heterocycles. The summed E-state index contributed by atoms with van der Waals surface area (Å²) in [6, 6.07) is 6.68. The van der Waals surface area contributed by atoms with E-state index in [2.05, 4.69) is 27.8 Å². The second-order valence-electron chi connectivity index (χ2n) is 8.60. The molecule has 0 radical (unpaired) electrons. The maximum Gasteiger partial charge on any atom is 0.233 e. The third-order valence-corrected chi connectivity index (χ3v) is 6.54. The van der Waals surface area contributed by atoms with Crippen molar-refractivity contribution in [2.24, 2.45) is 28.7 Å². The Bertz CT molecular complexity index is 854. The van der Waals surface area contributed by atoms with Crippen LogP contribution in [0.2, 0.25) is 0 Å². The Labute approximate surface area is 183 Å². The molecule has 1 saturated carbocycles. The van der Waals surface area contributed by atoms with E-state index in [1.807, 2.05) is 13.0 Å². The van der Waals surface area contributed by atoms with Crippen LogP contribution in [0.3, 0.4) is 0 Å². The van der Waals surface area contributed by atoms with Crippen LogP contribution in [0.25, 0.3) is 0 Å². The number of likely N-dealkylation sites (tertiary alicyclic amines) is 1. The number of hydrogen-bond donors (Lipinski definition) is 2. The van der Waals surface area contributed by atoms with E-state index in [1.165, 1.54) is 11.0 Å². The Morgan fingerprint density at radius 1 is 1.13 bits per heavy atom. The summed E-state index contributed by atoms with van der Waals surface area (Å²) >= 11 is 0. The van der Waals surface area contributed by atoms with Crippen LogP contribution < -0.4 is 10.6 Å². The van der Waals surface area contributed by atoms with Gasteiger partial charge in [0.15, 0.2) is 5.96 Å². The molecule has 2 N–H and O–H groups in total. The van der Waals surface area contributed by atoms with Gasteiger partial charge in [-0.2, -0.15) is 0 Å². The predicted octanol–water partition coefficient (Wildman–Crippen LogP) is 2.51. The zero-order valence-electron chi connectivity index (χ0n) is 18.0. The number of aryl methyl sites for hydroxylation is 1. The summed E-state index contributed by atoms with van der Waals surface area (Å²) in [5, 5.41) is 6.50. The quantitative estimate of drug-likeness (QED) is 0.209. The first-order valence-electron chi connectivity index (χ1n) is 11.4. The molecule has 1 aromatic rings. The van der Waals surface area contributed by atoms with Crippen molar-refractivity contribution in [3.05, 3.63) is 47.8 Å². The van der Waals surface area contributed by atoms with Crippen molar-refractivity contribution in [1.29, 1.82) is 0 Å². The van der Waals surface area contributed by atoms with Crippen LogP contribution in [-0.2, 0) is 16.0 Å². The van der Waals surface area contributed by atoms with Gasteiger partial charge in [-0.15, -0.1) is 0 Å². The van der Waals surface area contributed by atoms with E-state index in [0.29, 0.717) is 19.5 Å². The maximum atomic E-state index is 13.3. The number of benzene rings is 1. The van der Waals surface area contributed by atoms with Gasteiger partial charge in [0.25, 0.3) is 0 Å². The number of amides is 2. The molecule has 4 unspecified atom stereocenters. The average Bonchev–Trinajstić information content (AvgIpc) is 3.43. The molecular formula is C24H31FN4O2. The molecule has 6 nitrogen and oxygen atoms in total. The van der Waals surface area contributed by atoms with E-state index < -0.39 is 0 Å². The number of carbonyl (C=O) groups excluding carboxylic acids is 2. The summed E-state index contributed by atoms with van der Waals surface area (Å²) < 4.78 is 13.3. The van der Waals surface area contributed by atoms with E-state index in [0.717, 1.165) is 43.9 Å². The Hall–Kier alpha value is -2.70. The summed E-state index contributed by atoms with van der Waals surface area (Å²) in [7, 11) is 0. The third-order valence-electron chi connectivity index (χ3n) is 6.54. The Morgan fingerprint density at radius 3 is 2.55 bits per heavy atom. The minimum absolute atomic E-state index is 0.0122. The number of nitrogens with zero attached hydrogens (tertiary/aromatic N) is 2. The van der Waals surface area contributed by atoms with Crippen molar-refractivity contribution >= 4 is 17.8 Å².